The summed E-state index contributed by atoms with van der Waals surface area (Å²) in [6, 6.07) is 0. The van der Waals surface area contributed by atoms with E-state index in [4.69, 9.17) is 0 Å². The van der Waals surface area contributed by atoms with Crippen molar-refractivity contribution in [1.82, 2.24) is 10.3 Å². The molecule has 0 aliphatic heterocycles. The van der Waals surface area contributed by atoms with Gasteiger partial charge < -0.3 is 10.3 Å². The van der Waals surface area contributed by atoms with Gasteiger partial charge in [-0.2, -0.15) is 0 Å². The number of hydrogen-bond acceptors (Lipinski definition) is 1. The van der Waals surface area contributed by atoms with Gasteiger partial charge in [0, 0.05) is 16.8 Å². The molecule has 2 rings (SSSR count). The lowest BCUT2D eigenvalue weighted by Crippen LogP contribution is -2.26. The van der Waals surface area contributed by atoms with E-state index in [0.717, 1.165) is 25.9 Å². The Kier molecular flexibility index (Phi) is 3.41. The smallest absolute Gasteiger partial charge is 0.0419 e. The Bertz CT molecular complexity index is 451. The van der Waals surface area contributed by atoms with Crippen molar-refractivity contribution in [2.24, 2.45) is 0 Å². The third kappa shape index (κ3) is 2.39. The lowest BCUT2D eigenvalue weighted by atomic mass is 10.2. The molecule has 1 aliphatic rings. The average Bonchev–Trinajstić information content (AvgIpc) is 2.50. The lowest BCUT2D eigenvalue weighted by molar-refractivity contribution is 0.715. The van der Waals surface area contributed by atoms with E-state index < -0.39 is 0 Å². The summed E-state index contributed by atoms with van der Waals surface area (Å²) >= 11 is 0. The normalized spacial score (nSPS) is 13.9. The van der Waals surface area contributed by atoms with Gasteiger partial charge in [-0.15, -0.1) is 0 Å². The molecule has 1 aromatic heterocycles. The summed E-state index contributed by atoms with van der Waals surface area (Å²) in [7, 11) is 0. The van der Waals surface area contributed by atoms with Crippen molar-refractivity contribution < 1.29 is 0 Å². The first-order valence-corrected chi connectivity index (χ1v) is 5.66. The van der Waals surface area contributed by atoms with E-state index in [1.54, 1.807) is 0 Å². The van der Waals surface area contributed by atoms with Gasteiger partial charge in [0.15, 0.2) is 0 Å². The summed E-state index contributed by atoms with van der Waals surface area (Å²) in [6.45, 7) is 4.24. The second-order valence-corrected chi connectivity index (χ2v) is 3.78. The number of aromatic amines is 1. The molecule has 2 nitrogen and oxygen atoms in total. The van der Waals surface area contributed by atoms with Crippen LogP contribution in [-0.2, 0) is 6.42 Å². The SMILES string of the molecule is CCNCCc1c[nH]c2c1=CC=CCC=2. The summed E-state index contributed by atoms with van der Waals surface area (Å²) in [4.78, 5) is 3.34. The van der Waals surface area contributed by atoms with Gasteiger partial charge in [0.05, 0.1) is 0 Å². The quantitative estimate of drug-likeness (QED) is 0.691. The first-order chi connectivity index (χ1) is 7.42. The highest BCUT2D eigenvalue weighted by Crippen LogP contribution is 1.93. The maximum atomic E-state index is 3.35. The molecular weight excluding hydrogens is 184 g/mol. The van der Waals surface area contributed by atoms with Gasteiger partial charge in [0.2, 0.25) is 0 Å². The predicted molar refractivity (Wildman–Crippen MR) is 65.0 cm³/mol. The maximum absolute atomic E-state index is 3.35. The molecule has 2 N–H and O–H groups in total. The molecule has 0 amide bonds. The van der Waals surface area contributed by atoms with Gasteiger partial charge in [0.1, 0.15) is 0 Å². The Morgan fingerprint density at radius 2 is 2.40 bits per heavy atom. The van der Waals surface area contributed by atoms with E-state index in [2.05, 4.69) is 47.7 Å². The Hall–Kier alpha value is -1.28. The van der Waals surface area contributed by atoms with Crippen LogP contribution in [0.5, 0.6) is 0 Å². The third-order valence-electron chi connectivity index (χ3n) is 2.72. The summed E-state index contributed by atoms with van der Waals surface area (Å²) in [5.74, 6) is 0. The second kappa shape index (κ2) is 4.99. The van der Waals surface area contributed by atoms with Gasteiger partial charge in [-0.05, 0) is 31.5 Å². The molecule has 15 heavy (non-hydrogen) atoms. The molecular formula is C13H18N2. The van der Waals surface area contributed by atoms with Crippen molar-refractivity contribution in [3.05, 3.63) is 34.5 Å². The average molecular weight is 202 g/mol. The van der Waals surface area contributed by atoms with Gasteiger partial charge in [-0.25, -0.2) is 0 Å². The standard InChI is InChI=1S/C13H18N2/c1-2-14-9-8-11-10-15-13-7-5-3-4-6-12(11)13/h3-4,6-7,10,14-15H,2,5,8-9H2,1H3. The number of hydrogen-bond donors (Lipinski definition) is 2. The summed E-state index contributed by atoms with van der Waals surface area (Å²) in [5, 5.41) is 5.99. The Morgan fingerprint density at radius 3 is 3.27 bits per heavy atom. The molecule has 0 radical (unpaired) electrons. The van der Waals surface area contributed by atoms with Crippen LogP contribution in [0.4, 0.5) is 0 Å². The number of likely N-dealkylation sites (N-methyl/N-ethyl adjacent to an activating group) is 1. The number of nitrogens with one attached hydrogen (secondary N) is 2. The molecule has 0 unspecified atom stereocenters. The maximum Gasteiger partial charge on any atom is 0.0419 e. The van der Waals surface area contributed by atoms with Crippen molar-refractivity contribution in [2.45, 2.75) is 19.8 Å². The van der Waals surface area contributed by atoms with Crippen molar-refractivity contribution in [1.29, 1.82) is 0 Å². The van der Waals surface area contributed by atoms with Crippen LogP contribution < -0.4 is 15.9 Å². The fourth-order valence-corrected chi connectivity index (χ4v) is 1.89. The first kappa shape index (κ1) is 10.2. The molecule has 0 spiro atoms. The number of allylic oxidation sites excluding steroid dienone is 2. The van der Waals surface area contributed by atoms with Gasteiger partial charge in [0.25, 0.3) is 0 Å². The monoisotopic (exact) mass is 202 g/mol. The van der Waals surface area contributed by atoms with Gasteiger partial charge >= 0.3 is 0 Å². The molecule has 0 saturated carbocycles. The third-order valence-corrected chi connectivity index (χ3v) is 2.72. The fourth-order valence-electron chi connectivity index (χ4n) is 1.89. The van der Waals surface area contributed by atoms with Crippen molar-refractivity contribution in [3.8, 4) is 0 Å². The van der Waals surface area contributed by atoms with Crippen LogP contribution in [0.1, 0.15) is 18.9 Å². The first-order valence-electron chi connectivity index (χ1n) is 5.66. The molecule has 1 heterocycles. The fraction of sp³-hybridized carbons (Fsp3) is 0.385. The zero-order valence-corrected chi connectivity index (χ0v) is 9.22. The zero-order chi connectivity index (χ0) is 10.5. The van der Waals surface area contributed by atoms with Crippen LogP contribution in [0.3, 0.4) is 0 Å². The highest BCUT2D eigenvalue weighted by Gasteiger charge is 1.99. The van der Waals surface area contributed by atoms with E-state index in [1.165, 1.54) is 16.1 Å². The Labute approximate surface area is 90.4 Å². The van der Waals surface area contributed by atoms with E-state index in [1.807, 2.05) is 0 Å². The van der Waals surface area contributed by atoms with Crippen molar-refractivity contribution >= 4 is 12.2 Å². The van der Waals surface area contributed by atoms with Crippen molar-refractivity contribution in [2.75, 3.05) is 13.1 Å². The molecule has 0 fully saturated rings. The molecule has 0 bridgehead atoms. The molecule has 80 valence electrons. The van der Waals surface area contributed by atoms with Crippen LogP contribution in [0.25, 0.3) is 12.2 Å². The van der Waals surface area contributed by atoms with Crippen LogP contribution in [-0.4, -0.2) is 18.1 Å². The molecule has 2 heteroatoms. The van der Waals surface area contributed by atoms with Gasteiger partial charge in [-0.3, -0.25) is 0 Å². The summed E-state index contributed by atoms with van der Waals surface area (Å²) in [6.07, 6.45) is 13.0. The summed E-state index contributed by atoms with van der Waals surface area (Å²) in [5.41, 5.74) is 1.41. The molecule has 1 aliphatic carbocycles. The largest absolute Gasteiger partial charge is 0.361 e. The van der Waals surface area contributed by atoms with Crippen LogP contribution in [0.2, 0.25) is 0 Å². The Morgan fingerprint density at radius 1 is 1.47 bits per heavy atom. The molecule has 0 aromatic carbocycles. The Balaban J connectivity index is 2.23. The van der Waals surface area contributed by atoms with E-state index in [0.29, 0.717) is 0 Å². The number of fused-ring (bicyclic) bond motifs is 1. The van der Waals surface area contributed by atoms with E-state index in [-0.39, 0.29) is 0 Å². The second-order valence-electron chi connectivity index (χ2n) is 3.78. The van der Waals surface area contributed by atoms with Crippen molar-refractivity contribution in [3.63, 3.8) is 0 Å². The minimum absolute atomic E-state index is 1.02. The number of aromatic nitrogens is 1. The number of H-pyrrole nitrogens is 1. The van der Waals surface area contributed by atoms with E-state index >= 15 is 0 Å². The minimum atomic E-state index is 1.02. The highest BCUT2D eigenvalue weighted by molar-refractivity contribution is 5.45. The lowest BCUT2D eigenvalue weighted by Gasteiger charge is -1.98. The highest BCUT2D eigenvalue weighted by atomic mass is 14.8. The van der Waals surface area contributed by atoms with Crippen LogP contribution >= 0.6 is 0 Å². The predicted octanol–water partition coefficient (Wildman–Crippen LogP) is 0.688. The van der Waals surface area contributed by atoms with Crippen LogP contribution in [0, 0.1) is 0 Å². The summed E-state index contributed by atoms with van der Waals surface area (Å²) < 4.78 is 0. The topological polar surface area (TPSA) is 27.8 Å². The van der Waals surface area contributed by atoms with Gasteiger partial charge in [-0.1, -0.05) is 31.2 Å². The van der Waals surface area contributed by atoms with Crippen LogP contribution in [0.15, 0.2) is 18.3 Å². The zero-order valence-electron chi connectivity index (χ0n) is 9.22. The molecule has 0 saturated heterocycles. The molecule has 1 aromatic rings. The minimum Gasteiger partial charge on any atom is -0.361 e. The number of rotatable bonds is 4. The molecule has 0 atom stereocenters. The van der Waals surface area contributed by atoms with E-state index in [9.17, 15) is 0 Å².